The van der Waals surface area contributed by atoms with E-state index < -0.39 is 23.4 Å². The molecule has 1 aliphatic rings. The maximum absolute atomic E-state index is 13.5. The highest BCUT2D eigenvalue weighted by Gasteiger charge is 2.48. The number of hydrogen-bond donors (Lipinski definition) is 1. The predicted octanol–water partition coefficient (Wildman–Crippen LogP) is 4.47. The number of aliphatic hydroxyl groups is 1. The number of nitrogens with zero attached hydrogens (tertiary/aromatic N) is 1. The van der Waals surface area contributed by atoms with Gasteiger partial charge in [-0.15, -0.1) is 0 Å². The zero-order valence-electron chi connectivity index (χ0n) is 17.4. The number of ether oxygens (including phenoxy) is 2. The van der Waals surface area contributed by atoms with Crippen LogP contribution in [0.1, 0.15) is 17.2 Å². The molecule has 1 unspecified atom stereocenters. The maximum Gasteiger partial charge on any atom is 0.251 e. The van der Waals surface area contributed by atoms with Gasteiger partial charge in [0.05, 0.1) is 19.9 Å². The molecule has 0 aromatic heterocycles. The highest BCUT2D eigenvalue weighted by atomic mass is 19.1. The first-order valence-electron chi connectivity index (χ1n) is 9.80. The summed E-state index contributed by atoms with van der Waals surface area (Å²) in [6.45, 7) is 0. The van der Waals surface area contributed by atoms with Crippen molar-refractivity contribution in [3.05, 3.63) is 95.4 Å². The van der Waals surface area contributed by atoms with Crippen molar-refractivity contribution in [1.29, 1.82) is 0 Å². The minimum absolute atomic E-state index is 0.181. The quantitative estimate of drug-likeness (QED) is 0.364. The fraction of sp³-hybridized carbons (Fsp3) is 0.120. The van der Waals surface area contributed by atoms with Gasteiger partial charge in [0.1, 0.15) is 29.1 Å². The molecule has 0 amide bonds. The van der Waals surface area contributed by atoms with Crippen LogP contribution in [0.5, 0.6) is 11.5 Å². The van der Waals surface area contributed by atoms with E-state index in [0.717, 1.165) is 0 Å². The third kappa shape index (κ3) is 3.58. The van der Waals surface area contributed by atoms with Gasteiger partial charge in [-0.1, -0.05) is 42.5 Å². The van der Waals surface area contributed by atoms with Gasteiger partial charge in [-0.2, -0.15) is 0 Å². The van der Waals surface area contributed by atoms with Crippen LogP contribution in [0.4, 0.5) is 10.1 Å². The summed E-state index contributed by atoms with van der Waals surface area (Å²) >= 11 is 0. The second-order valence-electron chi connectivity index (χ2n) is 7.12. The Morgan fingerprint density at radius 1 is 0.938 bits per heavy atom. The van der Waals surface area contributed by atoms with Crippen LogP contribution >= 0.6 is 0 Å². The number of hydrogen-bond acceptors (Lipinski definition) is 6. The van der Waals surface area contributed by atoms with E-state index in [4.69, 9.17) is 9.47 Å². The van der Waals surface area contributed by atoms with Crippen molar-refractivity contribution < 1.29 is 28.6 Å². The molecule has 0 spiro atoms. The lowest BCUT2D eigenvalue weighted by Gasteiger charge is -2.28. The first-order chi connectivity index (χ1) is 15.5. The first-order valence-corrected chi connectivity index (χ1v) is 9.80. The van der Waals surface area contributed by atoms with Crippen LogP contribution in [0.3, 0.4) is 0 Å². The minimum atomic E-state index is -1.11. The SMILES string of the molecule is COc1ccc(N2C(=C(O)c3ccccc3)C(=O)C(=O)C2c2ccc(F)cc2)c(OC)c1. The zero-order chi connectivity index (χ0) is 22.8. The van der Waals surface area contributed by atoms with Crippen LogP contribution in [0.15, 0.2) is 78.5 Å². The van der Waals surface area contributed by atoms with E-state index >= 15 is 0 Å². The molecule has 4 rings (SSSR count). The Morgan fingerprint density at radius 2 is 1.62 bits per heavy atom. The lowest BCUT2D eigenvalue weighted by Crippen LogP contribution is -2.25. The number of anilines is 1. The molecule has 3 aromatic rings. The Morgan fingerprint density at radius 3 is 2.25 bits per heavy atom. The standard InChI is InChI=1S/C25H20FNO5/c1-31-18-12-13-19(20(14-18)32-2)27-21(15-8-10-17(26)11-9-15)24(29)25(30)22(27)23(28)16-6-4-3-5-7-16/h3-14,21,28H,1-2H3. The van der Waals surface area contributed by atoms with Crippen molar-refractivity contribution in [3.63, 3.8) is 0 Å². The third-order valence-electron chi connectivity index (χ3n) is 5.29. The van der Waals surface area contributed by atoms with Crippen LogP contribution in [-0.2, 0) is 9.59 Å². The summed E-state index contributed by atoms with van der Waals surface area (Å²) in [5, 5.41) is 11.1. The fourth-order valence-corrected chi connectivity index (χ4v) is 3.74. The molecule has 0 bridgehead atoms. The van der Waals surface area contributed by atoms with Crippen molar-refractivity contribution in [2.75, 3.05) is 19.1 Å². The van der Waals surface area contributed by atoms with Gasteiger partial charge in [-0.25, -0.2) is 4.39 Å². The normalized spacial score (nSPS) is 17.5. The smallest absolute Gasteiger partial charge is 0.251 e. The van der Waals surface area contributed by atoms with Gasteiger partial charge in [0.15, 0.2) is 5.76 Å². The van der Waals surface area contributed by atoms with Crippen LogP contribution in [0, 0.1) is 5.82 Å². The van der Waals surface area contributed by atoms with Crippen molar-refractivity contribution in [2.24, 2.45) is 0 Å². The Balaban J connectivity index is 1.99. The molecular formula is C25H20FNO5. The largest absolute Gasteiger partial charge is 0.505 e. The summed E-state index contributed by atoms with van der Waals surface area (Å²) in [5.41, 5.74) is 0.970. The van der Waals surface area contributed by atoms with Gasteiger partial charge in [0, 0.05) is 11.6 Å². The second kappa shape index (κ2) is 8.55. The van der Waals surface area contributed by atoms with Crippen molar-refractivity contribution in [2.45, 2.75) is 6.04 Å². The molecule has 1 aliphatic heterocycles. The number of aliphatic hydroxyl groups excluding tert-OH is 1. The molecule has 32 heavy (non-hydrogen) atoms. The summed E-state index contributed by atoms with van der Waals surface area (Å²) < 4.78 is 24.3. The van der Waals surface area contributed by atoms with Crippen LogP contribution in [0.25, 0.3) is 5.76 Å². The molecule has 0 aliphatic carbocycles. The minimum Gasteiger partial charge on any atom is -0.505 e. The number of rotatable bonds is 5. The Bertz CT molecular complexity index is 1200. The van der Waals surface area contributed by atoms with Crippen LogP contribution < -0.4 is 14.4 Å². The molecule has 6 nitrogen and oxygen atoms in total. The lowest BCUT2D eigenvalue weighted by molar-refractivity contribution is -0.133. The highest BCUT2D eigenvalue weighted by molar-refractivity contribution is 6.50. The molecule has 1 atom stereocenters. The van der Waals surface area contributed by atoms with E-state index in [1.54, 1.807) is 48.5 Å². The Hall–Kier alpha value is -4.13. The number of carbonyl (C=O) groups excluding carboxylic acids is 2. The number of Topliss-reactive ketones (excluding diaryl/α,β-unsaturated/α-hetero) is 2. The molecular weight excluding hydrogens is 413 g/mol. The van der Waals surface area contributed by atoms with Crippen LogP contribution in [-0.4, -0.2) is 30.9 Å². The number of methoxy groups -OCH3 is 2. The summed E-state index contributed by atoms with van der Waals surface area (Å²) in [6.07, 6.45) is 0. The van der Waals surface area contributed by atoms with E-state index in [-0.39, 0.29) is 11.5 Å². The molecule has 1 fully saturated rings. The maximum atomic E-state index is 13.5. The van der Waals surface area contributed by atoms with Gasteiger partial charge >= 0.3 is 0 Å². The molecule has 0 saturated carbocycles. The molecule has 7 heteroatoms. The second-order valence-corrected chi connectivity index (χ2v) is 7.12. The average molecular weight is 433 g/mol. The fourth-order valence-electron chi connectivity index (χ4n) is 3.74. The topological polar surface area (TPSA) is 76.1 Å². The number of allylic oxidation sites excluding steroid dienone is 1. The Kier molecular flexibility index (Phi) is 5.64. The summed E-state index contributed by atoms with van der Waals surface area (Å²) in [5.74, 6) is -1.56. The molecule has 1 saturated heterocycles. The van der Waals surface area contributed by atoms with Gasteiger partial charge < -0.3 is 19.5 Å². The first kappa shape index (κ1) is 21.1. The summed E-state index contributed by atoms with van der Waals surface area (Å²) in [4.78, 5) is 27.7. The van der Waals surface area contributed by atoms with E-state index in [1.807, 2.05) is 0 Å². The van der Waals surface area contributed by atoms with E-state index in [2.05, 4.69) is 0 Å². The lowest BCUT2D eigenvalue weighted by atomic mass is 10.0. The number of halogens is 1. The molecule has 0 radical (unpaired) electrons. The number of ketones is 2. The summed E-state index contributed by atoms with van der Waals surface area (Å²) in [7, 11) is 2.95. The van der Waals surface area contributed by atoms with E-state index in [0.29, 0.717) is 28.3 Å². The Labute approximate surface area is 184 Å². The number of carbonyl (C=O) groups is 2. The molecule has 3 aromatic carbocycles. The third-order valence-corrected chi connectivity index (χ3v) is 5.29. The van der Waals surface area contributed by atoms with Gasteiger partial charge in [-0.3, -0.25) is 9.59 Å². The summed E-state index contributed by atoms with van der Waals surface area (Å²) in [6, 6.07) is 17.6. The van der Waals surface area contributed by atoms with Gasteiger partial charge in [-0.05, 0) is 29.8 Å². The predicted molar refractivity (Wildman–Crippen MR) is 117 cm³/mol. The van der Waals surface area contributed by atoms with Crippen molar-refractivity contribution >= 4 is 23.0 Å². The number of benzene rings is 3. The highest BCUT2D eigenvalue weighted by Crippen LogP contribution is 2.45. The van der Waals surface area contributed by atoms with Gasteiger partial charge in [0.2, 0.25) is 5.78 Å². The van der Waals surface area contributed by atoms with Gasteiger partial charge in [0.25, 0.3) is 5.78 Å². The van der Waals surface area contributed by atoms with Crippen LogP contribution in [0.2, 0.25) is 0 Å². The average Bonchev–Trinajstić information content (AvgIpc) is 3.09. The van der Waals surface area contributed by atoms with Crippen molar-refractivity contribution in [1.82, 2.24) is 0 Å². The monoisotopic (exact) mass is 433 g/mol. The molecule has 1 N–H and O–H groups in total. The van der Waals surface area contributed by atoms with Crippen molar-refractivity contribution in [3.8, 4) is 11.5 Å². The van der Waals surface area contributed by atoms with E-state index in [1.165, 1.54) is 43.4 Å². The molecule has 162 valence electrons. The van der Waals surface area contributed by atoms with E-state index in [9.17, 15) is 19.1 Å². The molecule has 1 heterocycles. The zero-order valence-corrected chi connectivity index (χ0v) is 17.4.